The summed E-state index contributed by atoms with van der Waals surface area (Å²) >= 11 is 0. The molecule has 4 rings (SSSR count). The Morgan fingerprint density at radius 2 is 1.91 bits per heavy atom. The largest absolute Gasteiger partial charge is 0.573 e. The van der Waals surface area contributed by atoms with E-state index < -0.39 is 12.5 Å². The molecule has 3 unspecified atom stereocenters. The highest BCUT2D eigenvalue weighted by Crippen LogP contribution is 2.37. The zero-order valence-corrected chi connectivity index (χ0v) is 18.9. The van der Waals surface area contributed by atoms with Crippen LogP contribution in [0.2, 0.25) is 0 Å². The Kier molecular flexibility index (Phi) is 7.32. The maximum atomic E-state index is 13.2. The van der Waals surface area contributed by atoms with Gasteiger partial charge in [-0.3, -0.25) is 5.10 Å². The average molecular weight is 483 g/mol. The van der Waals surface area contributed by atoms with Gasteiger partial charge in [0.2, 0.25) is 0 Å². The van der Waals surface area contributed by atoms with E-state index in [-0.39, 0.29) is 23.6 Å². The van der Waals surface area contributed by atoms with E-state index in [1.807, 2.05) is 6.07 Å². The minimum atomic E-state index is -4.75. The summed E-state index contributed by atoms with van der Waals surface area (Å²) in [6, 6.07) is 7.67. The number of amides is 2. The summed E-state index contributed by atoms with van der Waals surface area (Å²) in [6.45, 7) is 2.27. The maximum Gasteiger partial charge on any atom is 0.573 e. The number of nitrogens with one attached hydrogen (secondary N) is 1. The molecule has 2 aliphatic heterocycles. The molecule has 3 heterocycles. The van der Waals surface area contributed by atoms with Crippen LogP contribution in [0.3, 0.4) is 0 Å². The third kappa shape index (κ3) is 6.01. The molecule has 2 aromatic rings. The topological polar surface area (TPSA) is 90.9 Å². The van der Waals surface area contributed by atoms with E-state index in [0.717, 1.165) is 17.0 Å². The first kappa shape index (κ1) is 24.3. The maximum absolute atomic E-state index is 13.2. The fourth-order valence-corrected chi connectivity index (χ4v) is 4.70. The van der Waals surface area contributed by atoms with Crippen LogP contribution in [-0.4, -0.2) is 83.5 Å². The predicted molar refractivity (Wildman–Crippen MR) is 117 cm³/mol. The Bertz CT molecular complexity index is 966. The molecular formula is C23H29F3N4O4. The molecule has 0 radical (unpaired) electrons. The number of carbonyl (C=O) groups excluding carboxylic acids is 1. The predicted octanol–water partition coefficient (Wildman–Crippen LogP) is 3.26. The summed E-state index contributed by atoms with van der Waals surface area (Å²) in [6.07, 6.45) is -3.33. The van der Waals surface area contributed by atoms with Crippen molar-refractivity contribution < 1.29 is 32.5 Å². The second-order valence-corrected chi connectivity index (χ2v) is 8.88. The number of ether oxygens (including phenoxy) is 2. The van der Waals surface area contributed by atoms with Gasteiger partial charge in [-0.15, -0.1) is 13.2 Å². The molecule has 2 aliphatic rings. The minimum Gasteiger partial charge on any atom is -0.406 e. The first-order chi connectivity index (χ1) is 16.2. The number of aliphatic hydroxyl groups excluding tert-OH is 1. The van der Waals surface area contributed by atoms with E-state index in [9.17, 15) is 23.1 Å². The molecule has 0 bridgehead atoms. The van der Waals surface area contributed by atoms with Crippen LogP contribution in [0.4, 0.5) is 18.0 Å². The Labute approximate surface area is 195 Å². The summed E-state index contributed by atoms with van der Waals surface area (Å²) in [5.74, 6) is -0.416. The van der Waals surface area contributed by atoms with Gasteiger partial charge in [0.1, 0.15) is 5.75 Å². The highest BCUT2D eigenvalue weighted by atomic mass is 19.4. The molecule has 0 saturated carbocycles. The zero-order chi connectivity index (χ0) is 24.3. The number of alkyl halides is 3. The van der Waals surface area contributed by atoms with E-state index in [1.54, 1.807) is 29.0 Å². The lowest BCUT2D eigenvalue weighted by Crippen LogP contribution is -2.48. The number of aromatic amines is 1. The molecule has 0 aliphatic carbocycles. The van der Waals surface area contributed by atoms with Gasteiger partial charge in [0, 0.05) is 57.2 Å². The highest BCUT2D eigenvalue weighted by Gasteiger charge is 2.37. The number of aromatic nitrogens is 2. The number of hydrogen-bond donors (Lipinski definition) is 2. The number of H-pyrrole nitrogens is 1. The number of halogens is 3. The molecule has 3 atom stereocenters. The Morgan fingerprint density at radius 3 is 2.56 bits per heavy atom. The lowest BCUT2D eigenvalue weighted by atomic mass is 9.83. The summed E-state index contributed by atoms with van der Waals surface area (Å²) in [5.41, 5.74) is 2.61. The van der Waals surface area contributed by atoms with Crippen LogP contribution in [0.1, 0.15) is 41.6 Å². The standard InChI is InChI=1S/C23H29F3N4O4/c1-33-9-7-18-11-21(28-27-18)17-10-16(15-2-4-20(5-3-15)34-23(24,25)26)12-30(13-17)22(32)29-8-6-19(31)14-29/h2-5,11,16-17,19,31H,6-10,12-14H2,1H3,(H,27,28). The van der Waals surface area contributed by atoms with Crippen molar-refractivity contribution in [2.24, 2.45) is 0 Å². The number of rotatable bonds is 6. The van der Waals surface area contributed by atoms with Gasteiger partial charge in [-0.2, -0.15) is 5.10 Å². The summed E-state index contributed by atoms with van der Waals surface area (Å²) < 4.78 is 46.7. The Balaban J connectivity index is 1.54. The van der Waals surface area contributed by atoms with Gasteiger partial charge >= 0.3 is 12.4 Å². The number of aliphatic hydroxyl groups is 1. The van der Waals surface area contributed by atoms with Gasteiger partial charge in [-0.25, -0.2) is 4.79 Å². The Morgan fingerprint density at radius 1 is 1.18 bits per heavy atom. The van der Waals surface area contributed by atoms with E-state index in [0.29, 0.717) is 52.0 Å². The second-order valence-electron chi connectivity index (χ2n) is 8.88. The molecule has 2 N–H and O–H groups in total. The fraction of sp³-hybridized carbons (Fsp3) is 0.565. The van der Waals surface area contributed by atoms with Crippen molar-refractivity contribution in [3.8, 4) is 5.75 Å². The Hall–Kier alpha value is -2.79. The summed E-state index contributed by atoms with van der Waals surface area (Å²) in [4.78, 5) is 16.6. The monoisotopic (exact) mass is 482 g/mol. The first-order valence-corrected chi connectivity index (χ1v) is 11.3. The number of nitrogens with zero attached hydrogens (tertiary/aromatic N) is 3. The van der Waals surface area contributed by atoms with Crippen LogP contribution in [0, 0.1) is 0 Å². The van der Waals surface area contributed by atoms with E-state index in [1.165, 1.54) is 12.1 Å². The van der Waals surface area contributed by atoms with Crippen molar-refractivity contribution in [3.63, 3.8) is 0 Å². The van der Waals surface area contributed by atoms with Crippen molar-refractivity contribution in [3.05, 3.63) is 47.3 Å². The van der Waals surface area contributed by atoms with Gasteiger partial charge < -0.3 is 24.4 Å². The normalized spacial score (nSPS) is 23.4. The quantitative estimate of drug-likeness (QED) is 0.660. The van der Waals surface area contributed by atoms with Crippen molar-refractivity contribution in [1.29, 1.82) is 0 Å². The number of hydrogen-bond acceptors (Lipinski definition) is 5. The molecule has 1 aromatic carbocycles. The molecule has 186 valence electrons. The number of benzene rings is 1. The van der Waals surface area contributed by atoms with Crippen LogP contribution in [-0.2, 0) is 11.2 Å². The average Bonchev–Trinajstić information content (AvgIpc) is 3.45. The molecule has 11 heteroatoms. The molecule has 2 fully saturated rings. The van der Waals surface area contributed by atoms with E-state index >= 15 is 0 Å². The van der Waals surface area contributed by atoms with Gasteiger partial charge in [0.05, 0.1) is 18.4 Å². The molecule has 0 spiro atoms. The lowest BCUT2D eigenvalue weighted by Gasteiger charge is -2.39. The molecule has 1 aromatic heterocycles. The van der Waals surface area contributed by atoms with Gasteiger partial charge in [0.25, 0.3) is 0 Å². The third-order valence-corrected chi connectivity index (χ3v) is 6.38. The van der Waals surface area contributed by atoms with Crippen LogP contribution < -0.4 is 4.74 Å². The van der Waals surface area contributed by atoms with Crippen LogP contribution in [0.25, 0.3) is 0 Å². The second kappa shape index (κ2) is 10.2. The molecule has 34 heavy (non-hydrogen) atoms. The van der Waals surface area contributed by atoms with Crippen LogP contribution >= 0.6 is 0 Å². The van der Waals surface area contributed by atoms with Crippen molar-refractivity contribution in [1.82, 2.24) is 20.0 Å². The summed E-state index contributed by atoms with van der Waals surface area (Å²) in [5, 5.41) is 17.3. The number of likely N-dealkylation sites (tertiary alicyclic amines) is 2. The van der Waals surface area contributed by atoms with Crippen molar-refractivity contribution in [2.45, 2.75) is 43.6 Å². The SMILES string of the molecule is COCCc1cc(C2CC(c3ccc(OC(F)(F)F)cc3)CN(C(=O)N3CCC(O)C3)C2)n[nH]1. The van der Waals surface area contributed by atoms with E-state index in [2.05, 4.69) is 14.9 Å². The number of piperidine rings is 1. The smallest absolute Gasteiger partial charge is 0.406 e. The van der Waals surface area contributed by atoms with Gasteiger partial charge in [-0.1, -0.05) is 12.1 Å². The van der Waals surface area contributed by atoms with Crippen LogP contribution in [0.15, 0.2) is 30.3 Å². The number of carbonyl (C=O) groups is 1. The number of methoxy groups -OCH3 is 1. The van der Waals surface area contributed by atoms with E-state index in [4.69, 9.17) is 4.74 Å². The van der Waals surface area contributed by atoms with Gasteiger partial charge in [-0.05, 0) is 36.6 Å². The zero-order valence-electron chi connectivity index (χ0n) is 18.9. The van der Waals surface area contributed by atoms with Gasteiger partial charge in [0.15, 0.2) is 0 Å². The third-order valence-electron chi connectivity index (χ3n) is 6.38. The van der Waals surface area contributed by atoms with Crippen LogP contribution in [0.5, 0.6) is 5.75 Å². The fourth-order valence-electron chi connectivity index (χ4n) is 4.70. The summed E-state index contributed by atoms with van der Waals surface area (Å²) in [7, 11) is 1.63. The first-order valence-electron chi connectivity index (χ1n) is 11.3. The number of urea groups is 1. The number of β-amino-alcohol motifs (C(OH)–C–C–N with tert-alkyl or cyclic N) is 1. The van der Waals surface area contributed by atoms with Crippen molar-refractivity contribution >= 4 is 6.03 Å². The molecule has 2 amide bonds. The molecule has 2 saturated heterocycles. The molecular weight excluding hydrogens is 453 g/mol. The highest BCUT2D eigenvalue weighted by molar-refractivity contribution is 5.75. The molecule has 8 nitrogen and oxygen atoms in total. The van der Waals surface area contributed by atoms with Crippen molar-refractivity contribution in [2.75, 3.05) is 39.9 Å². The lowest BCUT2D eigenvalue weighted by molar-refractivity contribution is -0.274. The minimum absolute atomic E-state index is 0.0473.